The molecule has 0 amide bonds. The largest absolute Gasteiger partial charge is 0.375 e. The highest BCUT2D eigenvalue weighted by Crippen LogP contribution is 2.23. The van der Waals surface area contributed by atoms with Crippen molar-refractivity contribution in [1.82, 2.24) is 19.4 Å². The Balaban J connectivity index is 2.27. The van der Waals surface area contributed by atoms with E-state index in [1.165, 1.54) is 11.3 Å². The molecule has 0 aliphatic carbocycles. The first-order valence-electron chi connectivity index (χ1n) is 4.33. The summed E-state index contributed by atoms with van der Waals surface area (Å²) in [4.78, 5) is 12.4. The fraction of sp³-hybridized carbons (Fsp3) is 0. The first-order chi connectivity index (χ1) is 7.34. The summed E-state index contributed by atoms with van der Waals surface area (Å²) < 4.78 is 1.93. The van der Waals surface area contributed by atoms with E-state index < -0.39 is 0 Å². The van der Waals surface area contributed by atoms with Gasteiger partial charge < -0.3 is 5.73 Å². The summed E-state index contributed by atoms with van der Waals surface area (Å²) in [6, 6.07) is 0. The lowest BCUT2D eigenvalue weighted by molar-refractivity contribution is 1.12. The third-order valence-corrected chi connectivity index (χ3v) is 2.78. The lowest BCUT2D eigenvalue weighted by Crippen LogP contribution is -1.89. The zero-order chi connectivity index (χ0) is 10.3. The summed E-state index contributed by atoms with van der Waals surface area (Å²) in [6.07, 6.45) is 7.05. The van der Waals surface area contributed by atoms with Crippen molar-refractivity contribution in [2.24, 2.45) is 0 Å². The minimum Gasteiger partial charge on any atom is -0.375 e. The number of fused-ring (bicyclic) bond motifs is 1. The van der Waals surface area contributed by atoms with Gasteiger partial charge in [0.05, 0.1) is 18.1 Å². The van der Waals surface area contributed by atoms with Crippen LogP contribution in [-0.2, 0) is 0 Å². The highest BCUT2D eigenvalue weighted by atomic mass is 32.1. The van der Waals surface area contributed by atoms with Crippen LogP contribution in [0.25, 0.3) is 17.0 Å². The van der Waals surface area contributed by atoms with Crippen LogP contribution >= 0.6 is 11.3 Å². The molecule has 5 nitrogen and oxygen atoms in total. The van der Waals surface area contributed by atoms with Gasteiger partial charge in [-0.3, -0.25) is 9.38 Å². The van der Waals surface area contributed by atoms with Crippen molar-refractivity contribution >= 4 is 22.1 Å². The second-order valence-electron chi connectivity index (χ2n) is 3.02. The Labute approximate surface area is 89.2 Å². The Morgan fingerprint density at radius 1 is 1.33 bits per heavy atom. The van der Waals surface area contributed by atoms with Crippen molar-refractivity contribution < 1.29 is 0 Å². The van der Waals surface area contributed by atoms with Crippen molar-refractivity contribution in [3.05, 3.63) is 30.2 Å². The van der Waals surface area contributed by atoms with Crippen molar-refractivity contribution in [2.75, 3.05) is 5.73 Å². The normalized spacial score (nSPS) is 10.9. The van der Waals surface area contributed by atoms with Gasteiger partial charge in [-0.1, -0.05) is 0 Å². The number of aromatic nitrogens is 4. The van der Waals surface area contributed by atoms with E-state index in [4.69, 9.17) is 5.73 Å². The molecule has 0 bridgehead atoms. The first-order valence-corrected chi connectivity index (χ1v) is 5.21. The van der Waals surface area contributed by atoms with Crippen LogP contribution in [0.5, 0.6) is 0 Å². The van der Waals surface area contributed by atoms with Gasteiger partial charge in [-0.15, -0.1) is 11.3 Å². The van der Waals surface area contributed by atoms with Crippen molar-refractivity contribution in [3.63, 3.8) is 0 Å². The molecule has 0 aliphatic rings. The monoisotopic (exact) mass is 217 g/mol. The Morgan fingerprint density at radius 3 is 3.07 bits per heavy atom. The topological polar surface area (TPSA) is 69.1 Å². The average molecular weight is 217 g/mol. The Kier molecular flexibility index (Phi) is 1.69. The van der Waals surface area contributed by atoms with Crippen molar-refractivity contribution in [1.29, 1.82) is 0 Å². The zero-order valence-corrected chi connectivity index (χ0v) is 8.48. The highest BCUT2D eigenvalue weighted by molar-refractivity contribution is 7.13. The van der Waals surface area contributed by atoms with E-state index in [1.54, 1.807) is 18.6 Å². The molecule has 74 valence electrons. The Hall–Kier alpha value is -1.95. The molecular formula is C9H7N5S. The molecule has 0 spiro atoms. The predicted octanol–water partition coefficient (Wildman–Crippen LogP) is 1.43. The number of nitrogens with two attached hydrogens (primary N) is 1. The summed E-state index contributed by atoms with van der Waals surface area (Å²) in [6.45, 7) is 0. The number of hydrogen-bond donors (Lipinski definition) is 1. The van der Waals surface area contributed by atoms with Gasteiger partial charge in [0.15, 0.2) is 10.8 Å². The minimum atomic E-state index is 0.564. The van der Waals surface area contributed by atoms with Crippen LogP contribution in [-0.4, -0.2) is 19.4 Å². The molecule has 3 heterocycles. The number of rotatable bonds is 1. The number of hydrogen-bond acceptors (Lipinski definition) is 5. The van der Waals surface area contributed by atoms with Crippen LogP contribution in [0.15, 0.2) is 30.2 Å². The number of imidazole rings is 1. The molecule has 0 saturated heterocycles. The number of nitrogen functional groups attached to an aromatic ring is 1. The van der Waals surface area contributed by atoms with E-state index >= 15 is 0 Å². The third kappa shape index (κ3) is 1.26. The quantitative estimate of drug-likeness (QED) is 0.669. The van der Waals surface area contributed by atoms with Crippen LogP contribution in [0.3, 0.4) is 0 Å². The average Bonchev–Trinajstić information content (AvgIpc) is 2.83. The van der Waals surface area contributed by atoms with E-state index in [2.05, 4.69) is 15.0 Å². The van der Waals surface area contributed by atoms with Crippen LogP contribution in [0, 0.1) is 0 Å². The second kappa shape index (κ2) is 3.03. The molecule has 0 atom stereocenters. The summed E-state index contributed by atoms with van der Waals surface area (Å²) in [5.41, 5.74) is 8.17. The molecule has 15 heavy (non-hydrogen) atoms. The lowest BCUT2D eigenvalue weighted by atomic mass is 10.4. The van der Waals surface area contributed by atoms with Gasteiger partial charge in [-0.05, 0) is 0 Å². The second-order valence-corrected chi connectivity index (χ2v) is 3.91. The minimum absolute atomic E-state index is 0.564. The van der Waals surface area contributed by atoms with Crippen LogP contribution in [0.2, 0.25) is 0 Å². The van der Waals surface area contributed by atoms with E-state index in [9.17, 15) is 0 Å². The predicted molar refractivity (Wildman–Crippen MR) is 58.5 cm³/mol. The van der Waals surface area contributed by atoms with E-state index in [0.29, 0.717) is 5.13 Å². The summed E-state index contributed by atoms with van der Waals surface area (Å²) in [7, 11) is 0. The molecule has 0 fully saturated rings. The van der Waals surface area contributed by atoms with E-state index in [0.717, 1.165) is 17.0 Å². The summed E-state index contributed by atoms with van der Waals surface area (Å²) >= 11 is 1.42. The molecule has 3 aromatic heterocycles. The smallest absolute Gasteiger partial charge is 0.180 e. The maximum atomic E-state index is 5.59. The van der Waals surface area contributed by atoms with Gasteiger partial charge >= 0.3 is 0 Å². The van der Waals surface area contributed by atoms with Gasteiger partial charge in [0.25, 0.3) is 0 Å². The maximum Gasteiger partial charge on any atom is 0.180 e. The maximum absolute atomic E-state index is 5.59. The summed E-state index contributed by atoms with van der Waals surface area (Å²) in [5.74, 6) is 0. The molecule has 0 radical (unpaired) electrons. The van der Waals surface area contributed by atoms with Gasteiger partial charge in [0, 0.05) is 17.8 Å². The molecule has 0 unspecified atom stereocenters. The molecular weight excluding hydrogens is 210 g/mol. The molecule has 3 rings (SSSR count). The first kappa shape index (κ1) is 8.37. The summed E-state index contributed by atoms with van der Waals surface area (Å²) in [5, 5.41) is 2.48. The number of anilines is 1. The Bertz CT molecular complexity index is 612. The SMILES string of the molecule is Nc1nc(-c2cnc3cnccn23)cs1. The Morgan fingerprint density at radius 2 is 2.27 bits per heavy atom. The third-order valence-electron chi connectivity index (χ3n) is 2.10. The van der Waals surface area contributed by atoms with Crippen molar-refractivity contribution in [2.45, 2.75) is 0 Å². The molecule has 0 saturated carbocycles. The van der Waals surface area contributed by atoms with Gasteiger partial charge in [-0.2, -0.15) is 0 Å². The zero-order valence-electron chi connectivity index (χ0n) is 7.66. The molecule has 0 aromatic carbocycles. The van der Waals surface area contributed by atoms with Gasteiger partial charge in [-0.25, -0.2) is 9.97 Å². The van der Waals surface area contributed by atoms with Gasteiger partial charge in [0.2, 0.25) is 0 Å². The fourth-order valence-corrected chi connectivity index (χ4v) is 1.99. The van der Waals surface area contributed by atoms with Crippen LogP contribution < -0.4 is 5.73 Å². The van der Waals surface area contributed by atoms with Gasteiger partial charge in [0.1, 0.15) is 5.69 Å². The molecule has 6 heteroatoms. The fourth-order valence-electron chi connectivity index (χ4n) is 1.44. The van der Waals surface area contributed by atoms with Crippen LogP contribution in [0.1, 0.15) is 0 Å². The highest BCUT2D eigenvalue weighted by Gasteiger charge is 2.08. The van der Waals surface area contributed by atoms with Crippen LogP contribution in [0.4, 0.5) is 5.13 Å². The standard InChI is InChI=1S/C9H7N5S/c10-9-13-6(5-15-9)7-3-12-8-4-11-1-2-14(7)8/h1-5H,(H2,10,13). The molecule has 0 aliphatic heterocycles. The lowest BCUT2D eigenvalue weighted by Gasteiger charge is -1.95. The van der Waals surface area contributed by atoms with Crippen molar-refractivity contribution in [3.8, 4) is 11.4 Å². The number of nitrogens with zero attached hydrogens (tertiary/aromatic N) is 4. The molecule has 3 aromatic rings. The van der Waals surface area contributed by atoms with E-state index in [1.807, 2.05) is 16.0 Å². The number of thiazole rings is 1. The van der Waals surface area contributed by atoms with E-state index in [-0.39, 0.29) is 0 Å². The molecule has 2 N–H and O–H groups in total.